The van der Waals surface area contributed by atoms with Crippen molar-refractivity contribution < 1.29 is 19.4 Å². The number of benzene rings is 1. The summed E-state index contributed by atoms with van der Waals surface area (Å²) in [4.78, 5) is 27.1. The first-order chi connectivity index (χ1) is 11.6. The van der Waals surface area contributed by atoms with E-state index in [1.807, 2.05) is 30.3 Å². The number of nitrogens with zero attached hydrogens (tertiary/aromatic N) is 1. The van der Waals surface area contributed by atoms with E-state index in [-0.39, 0.29) is 11.8 Å². The predicted molar refractivity (Wildman–Crippen MR) is 87.5 cm³/mol. The van der Waals surface area contributed by atoms with Crippen molar-refractivity contribution in [2.45, 2.75) is 31.1 Å². The van der Waals surface area contributed by atoms with Crippen molar-refractivity contribution in [1.82, 2.24) is 4.90 Å². The topological polar surface area (TPSA) is 66.8 Å². The van der Waals surface area contributed by atoms with Gasteiger partial charge in [0.2, 0.25) is 5.91 Å². The number of rotatable bonds is 3. The molecule has 0 radical (unpaired) electrons. The van der Waals surface area contributed by atoms with Gasteiger partial charge in [-0.15, -0.1) is 0 Å². The minimum absolute atomic E-state index is 0.0967. The van der Waals surface area contributed by atoms with Crippen LogP contribution in [-0.2, 0) is 19.7 Å². The molecule has 4 rings (SSSR count). The van der Waals surface area contributed by atoms with Crippen molar-refractivity contribution in [2.75, 3.05) is 26.3 Å². The van der Waals surface area contributed by atoms with Crippen LogP contribution in [0.5, 0.6) is 0 Å². The second-order valence-corrected chi connectivity index (χ2v) is 7.47. The zero-order valence-electron chi connectivity index (χ0n) is 13.7. The van der Waals surface area contributed by atoms with Crippen LogP contribution in [0.25, 0.3) is 0 Å². The molecule has 1 aromatic rings. The van der Waals surface area contributed by atoms with E-state index in [0.717, 1.165) is 24.8 Å². The molecule has 0 bridgehead atoms. The zero-order chi connectivity index (χ0) is 16.8. The van der Waals surface area contributed by atoms with Gasteiger partial charge in [-0.05, 0) is 24.8 Å². The lowest BCUT2D eigenvalue weighted by molar-refractivity contribution is -0.157. The molecule has 2 heterocycles. The summed E-state index contributed by atoms with van der Waals surface area (Å²) in [6, 6.07) is 9.95. The Balaban J connectivity index is 1.62. The summed E-state index contributed by atoms with van der Waals surface area (Å²) in [6.45, 7) is 1.73. The SMILES string of the molecule is O=C(N1C[C@H]2COCC[C@@]2(C(=O)O)C1)C1(c2ccccc2)CCC1. The normalized spacial score (nSPS) is 31.2. The van der Waals surface area contributed by atoms with E-state index < -0.39 is 16.8 Å². The Morgan fingerprint density at radius 3 is 2.50 bits per heavy atom. The summed E-state index contributed by atoms with van der Waals surface area (Å²) in [5.74, 6) is -0.774. The highest BCUT2D eigenvalue weighted by Gasteiger charge is 2.58. The highest BCUT2D eigenvalue weighted by molar-refractivity contribution is 5.90. The summed E-state index contributed by atoms with van der Waals surface area (Å²) in [5, 5.41) is 9.80. The molecular weight excluding hydrogens is 306 g/mol. The monoisotopic (exact) mass is 329 g/mol. The lowest BCUT2D eigenvalue weighted by atomic mass is 9.63. The Kier molecular flexibility index (Phi) is 3.64. The third kappa shape index (κ3) is 2.10. The Labute approximate surface area is 141 Å². The third-order valence-corrected chi connectivity index (χ3v) is 6.36. The molecule has 0 aromatic heterocycles. The Hall–Kier alpha value is -1.88. The van der Waals surface area contributed by atoms with E-state index in [0.29, 0.717) is 32.7 Å². The fraction of sp³-hybridized carbons (Fsp3) is 0.579. The van der Waals surface area contributed by atoms with Gasteiger partial charge in [0, 0.05) is 25.6 Å². The molecule has 3 aliphatic rings. The fourth-order valence-corrected chi connectivity index (χ4v) is 4.67. The molecule has 2 atom stereocenters. The first-order valence-corrected chi connectivity index (χ1v) is 8.75. The van der Waals surface area contributed by atoms with Gasteiger partial charge in [0.1, 0.15) is 0 Å². The van der Waals surface area contributed by atoms with Crippen molar-refractivity contribution in [1.29, 1.82) is 0 Å². The van der Waals surface area contributed by atoms with Crippen LogP contribution in [0.1, 0.15) is 31.2 Å². The highest BCUT2D eigenvalue weighted by Crippen LogP contribution is 2.49. The summed E-state index contributed by atoms with van der Waals surface area (Å²) >= 11 is 0. The van der Waals surface area contributed by atoms with Crippen LogP contribution in [0.15, 0.2) is 30.3 Å². The summed E-state index contributed by atoms with van der Waals surface area (Å²) < 4.78 is 5.50. The van der Waals surface area contributed by atoms with Crippen LogP contribution < -0.4 is 0 Å². The molecule has 5 nitrogen and oxygen atoms in total. The van der Waals surface area contributed by atoms with Crippen LogP contribution in [0, 0.1) is 11.3 Å². The van der Waals surface area contributed by atoms with E-state index in [1.54, 1.807) is 4.90 Å². The molecular formula is C19H23NO4. The van der Waals surface area contributed by atoms with Crippen molar-refractivity contribution in [3.63, 3.8) is 0 Å². The van der Waals surface area contributed by atoms with E-state index in [2.05, 4.69) is 0 Å². The molecule has 1 saturated carbocycles. The Bertz CT molecular complexity index is 655. The summed E-state index contributed by atoms with van der Waals surface area (Å²) in [5.41, 5.74) is -0.207. The maximum Gasteiger partial charge on any atom is 0.311 e. The Morgan fingerprint density at radius 2 is 1.92 bits per heavy atom. The number of likely N-dealkylation sites (tertiary alicyclic amines) is 1. The van der Waals surface area contributed by atoms with Crippen LogP contribution in [-0.4, -0.2) is 48.2 Å². The summed E-state index contributed by atoms with van der Waals surface area (Å²) in [7, 11) is 0. The molecule has 1 aliphatic carbocycles. The lowest BCUT2D eigenvalue weighted by Gasteiger charge is -2.43. The number of aliphatic carboxylic acids is 1. The van der Waals surface area contributed by atoms with E-state index in [4.69, 9.17) is 4.74 Å². The van der Waals surface area contributed by atoms with Gasteiger partial charge in [0.05, 0.1) is 17.4 Å². The number of fused-ring (bicyclic) bond motifs is 1. The number of carboxylic acids is 1. The molecule has 5 heteroatoms. The lowest BCUT2D eigenvalue weighted by Crippen LogP contribution is -2.51. The molecule has 3 fully saturated rings. The maximum absolute atomic E-state index is 13.4. The Morgan fingerprint density at radius 1 is 1.17 bits per heavy atom. The van der Waals surface area contributed by atoms with Crippen molar-refractivity contribution >= 4 is 11.9 Å². The molecule has 2 saturated heterocycles. The zero-order valence-corrected chi connectivity index (χ0v) is 13.7. The molecule has 1 aromatic carbocycles. The number of ether oxygens (including phenoxy) is 1. The molecule has 1 N–H and O–H groups in total. The number of carbonyl (C=O) groups is 2. The number of amides is 1. The number of carboxylic acid groups (broad SMARTS) is 1. The third-order valence-electron chi connectivity index (χ3n) is 6.36. The van der Waals surface area contributed by atoms with Crippen molar-refractivity contribution in [3.8, 4) is 0 Å². The van der Waals surface area contributed by atoms with Gasteiger partial charge < -0.3 is 14.7 Å². The van der Waals surface area contributed by atoms with E-state index in [1.165, 1.54) is 0 Å². The van der Waals surface area contributed by atoms with Crippen LogP contribution in [0.3, 0.4) is 0 Å². The quantitative estimate of drug-likeness (QED) is 0.922. The number of hydrogen-bond acceptors (Lipinski definition) is 3. The van der Waals surface area contributed by atoms with Crippen LogP contribution in [0.2, 0.25) is 0 Å². The molecule has 0 spiro atoms. The first kappa shape index (κ1) is 15.6. The van der Waals surface area contributed by atoms with Gasteiger partial charge in [-0.25, -0.2) is 0 Å². The van der Waals surface area contributed by atoms with Gasteiger partial charge in [0.15, 0.2) is 0 Å². The minimum Gasteiger partial charge on any atom is -0.481 e. The van der Waals surface area contributed by atoms with Gasteiger partial charge in [0.25, 0.3) is 0 Å². The van der Waals surface area contributed by atoms with Gasteiger partial charge >= 0.3 is 5.97 Å². The molecule has 128 valence electrons. The largest absolute Gasteiger partial charge is 0.481 e. The highest BCUT2D eigenvalue weighted by atomic mass is 16.5. The fourth-order valence-electron chi connectivity index (χ4n) is 4.67. The van der Waals surface area contributed by atoms with Gasteiger partial charge in [-0.2, -0.15) is 0 Å². The number of hydrogen-bond donors (Lipinski definition) is 1. The van der Waals surface area contributed by atoms with Crippen LogP contribution in [0.4, 0.5) is 0 Å². The molecule has 2 aliphatic heterocycles. The average Bonchev–Trinajstić information content (AvgIpc) is 2.96. The van der Waals surface area contributed by atoms with E-state index in [9.17, 15) is 14.7 Å². The standard InChI is InChI=1S/C19H23NO4/c21-16(18(7-4-8-18)14-5-2-1-3-6-14)20-11-15-12-24-10-9-19(15,13-20)17(22)23/h1-3,5-6,15H,4,7-13H2,(H,22,23)/t15-,19+/m0/s1. The second-order valence-electron chi connectivity index (χ2n) is 7.47. The predicted octanol–water partition coefficient (Wildman–Crippen LogP) is 2.06. The smallest absolute Gasteiger partial charge is 0.311 e. The van der Waals surface area contributed by atoms with Crippen molar-refractivity contribution in [2.24, 2.45) is 11.3 Å². The second kappa shape index (κ2) is 5.59. The van der Waals surface area contributed by atoms with Crippen LogP contribution >= 0.6 is 0 Å². The van der Waals surface area contributed by atoms with E-state index >= 15 is 0 Å². The first-order valence-electron chi connectivity index (χ1n) is 8.75. The maximum atomic E-state index is 13.4. The van der Waals surface area contributed by atoms with Crippen molar-refractivity contribution in [3.05, 3.63) is 35.9 Å². The van der Waals surface area contributed by atoms with Gasteiger partial charge in [-0.3, -0.25) is 9.59 Å². The molecule has 0 unspecified atom stereocenters. The summed E-state index contributed by atoms with van der Waals surface area (Å²) in [6.07, 6.45) is 3.25. The molecule has 24 heavy (non-hydrogen) atoms. The molecule has 1 amide bonds. The average molecular weight is 329 g/mol. The number of carbonyl (C=O) groups excluding carboxylic acids is 1. The van der Waals surface area contributed by atoms with Gasteiger partial charge in [-0.1, -0.05) is 36.8 Å². The minimum atomic E-state index is -0.824.